The van der Waals surface area contributed by atoms with Crippen LogP contribution in [0.2, 0.25) is 0 Å². The first-order valence-electron chi connectivity index (χ1n) is 12.9. The molecule has 41 heavy (non-hydrogen) atoms. The highest BCUT2D eigenvalue weighted by atomic mass is 32.1. The van der Waals surface area contributed by atoms with Gasteiger partial charge in [-0.3, -0.25) is 14.4 Å². The lowest BCUT2D eigenvalue weighted by atomic mass is 10.0. The van der Waals surface area contributed by atoms with Crippen molar-refractivity contribution in [3.63, 3.8) is 0 Å². The van der Waals surface area contributed by atoms with Gasteiger partial charge in [-0.1, -0.05) is 78.9 Å². The second-order valence-electron chi connectivity index (χ2n) is 9.15. The van der Waals surface area contributed by atoms with E-state index < -0.39 is 11.8 Å². The Balaban J connectivity index is 1.34. The van der Waals surface area contributed by atoms with Crippen LogP contribution in [0.4, 0.5) is 5.69 Å². The van der Waals surface area contributed by atoms with E-state index in [1.54, 1.807) is 72.0 Å². The third-order valence-corrected chi connectivity index (χ3v) is 6.96. The summed E-state index contributed by atoms with van der Waals surface area (Å²) in [6.45, 7) is 0. The highest BCUT2D eigenvalue weighted by Gasteiger charge is 2.15. The summed E-state index contributed by atoms with van der Waals surface area (Å²) in [5, 5.41) is 9.49. The summed E-state index contributed by atoms with van der Waals surface area (Å²) in [6, 6.07) is 35.0. The Morgan fingerprint density at radius 2 is 1.29 bits per heavy atom. The van der Waals surface area contributed by atoms with E-state index >= 15 is 0 Å². The molecule has 1 heterocycles. The molecule has 0 aliphatic rings. The summed E-state index contributed by atoms with van der Waals surface area (Å²) in [6.07, 6.45) is 4.93. The molecule has 0 radical (unpaired) electrons. The number of ketones is 1. The van der Waals surface area contributed by atoms with Gasteiger partial charge in [0.2, 0.25) is 0 Å². The smallest absolute Gasteiger partial charge is 0.272 e. The Bertz CT molecular complexity index is 1690. The van der Waals surface area contributed by atoms with Gasteiger partial charge in [0, 0.05) is 16.8 Å². The van der Waals surface area contributed by atoms with Crippen molar-refractivity contribution < 1.29 is 14.4 Å². The van der Waals surface area contributed by atoms with Crippen molar-refractivity contribution in [3.8, 4) is 11.1 Å². The SMILES string of the molecule is O=C(Nc1ccc(C(=O)/C=C/c2ccsc2)cc1)/C(=C/c1ccc(-c2ccccc2)cc1)NC(=O)c1ccccc1. The zero-order valence-electron chi connectivity index (χ0n) is 22.0. The number of thiophene rings is 1. The van der Waals surface area contributed by atoms with Gasteiger partial charge in [-0.25, -0.2) is 0 Å². The first kappa shape index (κ1) is 27.2. The van der Waals surface area contributed by atoms with Crippen molar-refractivity contribution in [1.29, 1.82) is 0 Å². The minimum absolute atomic E-state index is 0.0881. The van der Waals surface area contributed by atoms with Crippen molar-refractivity contribution >= 4 is 46.8 Å². The Hall–Kier alpha value is -5.33. The molecule has 4 aromatic carbocycles. The van der Waals surface area contributed by atoms with Gasteiger partial charge in [-0.15, -0.1) is 0 Å². The predicted molar refractivity (Wildman–Crippen MR) is 167 cm³/mol. The minimum Gasteiger partial charge on any atom is -0.321 e. The van der Waals surface area contributed by atoms with E-state index in [-0.39, 0.29) is 11.5 Å². The molecule has 0 spiro atoms. The fourth-order valence-electron chi connectivity index (χ4n) is 4.07. The van der Waals surface area contributed by atoms with E-state index in [4.69, 9.17) is 0 Å². The maximum absolute atomic E-state index is 13.4. The fourth-order valence-corrected chi connectivity index (χ4v) is 4.69. The quantitative estimate of drug-likeness (QED) is 0.145. The molecule has 0 fully saturated rings. The van der Waals surface area contributed by atoms with Crippen LogP contribution in [0.5, 0.6) is 0 Å². The second-order valence-corrected chi connectivity index (χ2v) is 9.93. The molecule has 6 heteroatoms. The molecular weight excluding hydrogens is 528 g/mol. The van der Waals surface area contributed by atoms with E-state index in [1.165, 1.54) is 6.08 Å². The average Bonchev–Trinajstić information content (AvgIpc) is 3.55. The van der Waals surface area contributed by atoms with Crippen molar-refractivity contribution in [2.24, 2.45) is 0 Å². The highest BCUT2D eigenvalue weighted by molar-refractivity contribution is 7.08. The summed E-state index contributed by atoms with van der Waals surface area (Å²) in [7, 11) is 0. The number of benzene rings is 4. The molecule has 2 N–H and O–H groups in total. The fraction of sp³-hybridized carbons (Fsp3) is 0. The van der Waals surface area contributed by atoms with Crippen LogP contribution in [0, 0.1) is 0 Å². The number of anilines is 1. The van der Waals surface area contributed by atoms with Crippen LogP contribution in [0.25, 0.3) is 23.3 Å². The van der Waals surface area contributed by atoms with Crippen molar-refractivity contribution in [1.82, 2.24) is 5.32 Å². The molecule has 0 aliphatic heterocycles. The Morgan fingerprint density at radius 3 is 1.95 bits per heavy atom. The summed E-state index contributed by atoms with van der Waals surface area (Å²) in [5.74, 6) is -1.02. The number of amides is 2. The number of allylic oxidation sites excluding steroid dienone is 1. The Morgan fingerprint density at radius 1 is 0.634 bits per heavy atom. The molecule has 200 valence electrons. The van der Waals surface area contributed by atoms with Gasteiger partial charge < -0.3 is 10.6 Å². The molecule has 2 amide bonds. The molecule has 0 saturated carbocycles. The number of carbonyl (C=O) groups is 3. The van der Waals surface area contributed by atoms with Crippen LogP contribution in [-0.2, 0) is 4.79 Å². The Kier molecular flexibility index (Phi) is 8.74. The van der Waals surface area contributed by atoms with Crippen LogP contribution in [0.3, 0.4) is 0 Å². The monoisotopic (exact) mass is 554 g/mol. The maximum atomic E-state index is 13.4. The van der Waals surface area contributed by atoms with Gasteiger partial charge in [-0.2, -0.15) is 11.3 Å². The first-order valence-corrected chi connectivity index (χ1v) is 13.9. The van der Waals surface area contributed by atoms with Crippen molar-refractivity contribution in [2.75, 3.05) is 5.32 Å². The second kappa shape index (κ2) is 13.2. The van der Waals surface area contributed by atoms with Gasteiger partial charge in [0.1, 0.15) is 5.70 Å². The molecule has 0 bridgehead atoms. The molecule has 0 saturated heterocycles. The van der Waals surface area contributed by atoms with E-state index in [0.717, 1.165) is 22.3 Å². The van der Waals surface area contributed by atoms with Gasteiger partial charge in [0.25, 0.3) is 11.8 Å². The zero-order valence-corrected chi connectivity index (χ0v) is 22.8. The van der Waals surface area contributed by atoms with Crippen molar-refractivity contribution in [3.05, 3.63) is 160 Å². The molecule has 5 rings (SSSR count). The Labute approximate surface area is 242 Å². The lowest BCUT2D eigenvalue weighted by Gasteiger charge is -2.12. The highest BCUT2D eigenvalue weighted by Crippen LogP contribution is 2.21. The minimum atomic E-state index is -0.488. The van der Waals surface area contributed by atoms with Gasteiger partial charge in [0.15, 0.2) is 5.78 Å². The molecular formula is C35H26N2O3S. The van der Waals surface area contributed by atoms with Crippen LogP contribution in [-0.4, -0.2) is 17.6 Å². The molecule has 5 nitrogen and oxygen atoms in total. The molecule has 1 aromatic heterocycles. The van der Waals surface area contributed by atoms with Gasteiger partial charge in [0.05, 0.1) is 0 Å². The lowest BCUT2D eigenvalue weighted by Crippen LogP contribution is -2.30. The average molecular weight is 555 g/mol. The zero-order chi connectivity index (χ0) is 28.4. The molecule has 0 aliphatic carbocycles. The molecule has 0 atom stereocenters. The molecule has 5 aromatic rings. The third-order valence-electron chi connectivity index (χ3n) is 6.26. The lowest BCUT2D eigenvalue weighted by molar-refractivity contribution is -0.113. The van der Waals surface area contributed by atoms with Gasteiger partial charge in [-0.05, 0) is 87.6 Å². The van der Waals surface area contributed by atoms with Crippen molar-refractivity contribution in [2.45, 2.75) is 0 Å². The number of hydrogen-bond acceptors (Lipinski definition) is 4. The largest absolute Gasteiger partial charge is 0.321 e. The number of rotatable bonds is 9. The number of nitrogens with one attached hydrogen (secondary N) is 2. The van der Waals surface area contributed by atoms with Crippen LogP contribution >= 0.6 is 11.3 Å². The van der Waals surface area contributed by atoms with E-state index in [1.807, 2.05) is 77.5 Å². The van der Waals surface area contributed by atoms with E-state index in [9.17, 15) is 14.4 Å². The number of hydrogen-bond donors (Lipinski definition) is 2. The van der Waals surface area contributed by atoms with E-state index in [2.05, 4.69) is 10.6 Å². The van der Waals surface area contributed by atoms with Crippen LogP contribution in [0.1, 0.15) is 31.8 Å². The standard InChI is InChI=1S/C35H26N2O3S/c38-33(20-13-26-21-22-41-24-26)29-16-18-31(19-17-29)36-35(40)32(37-34(39)30-9-5-2-6-10-30)23-25-11-14-28(15-12-25)27-7-3-1-4-8-27/h1-24H,(H,36,40)(H,37,39)/b20-13+,32-23-. The van der Waals surface area contributed by atoms with E-state index in [0.29, 0.717) is 16.8 Å². The topological polar surface area (TPSA) is 75.3 Å². The maximum Gasteiger partial charge on any atom is 0.272 e. The van der Waals surface area contributed by atoms with Gasteiger partial charge >= 0.3 is 0 Å². The number of carbonyl (C=O) groups excluding carboxylic acids is 3. The normalized spacial score (nSPS) is 11.3. The summed E-state index contributed by atoms with van der Waals surface area (Å²) in [4.78, 5) is 38.8. The van der Waals surface area contributed by atoms with Crippen LogP contribution in [0.15, 0.2) is 138 Å². The third kappa shape index (κ3) is 7.41. The van der Waals surface area contributed by atoms with Crippen LogP contribution < -0.4 is 10.6 Å². The first-order chi connectivity index (χ1) is 20.0. The summed E-state index contributed by atoms with van der Waals surface area (Å²) in [5.41, 5.74) is 5.37. The summed E-state index contributed by atoms with van der Waals surface area (Å²) >= 11 is 1.57. The molecule has 0 unspecified atom stereocenters. The summed E-state index contributed by atoms with van der Waals surface area (Å²) < 4.78 is 0. The predicted octanol–water partition coefficient (Wildman–Crippen LogP) is 7.72.